The van der Waals surface area contributed by atoms with Crippen molar-refractivity contribution in [2.75, 3.05) is 7.05 Å². The van der Waals surface area contributed by atoms with Gasteiger partial charge in [-0.25, -0.2) is 0 Å². The van der Waals surface area contributed by atoms with Gasteiger partial charge in [0.1, 0.15) is 0 Å². The molecule has 0 heterocycles. The van der Waals surface area contributed by atoms with E-state index in [0.29, 0.717) is 6.04 Å². The van der Waals surface area contributed by atoms with Gasteiger partial charge in [-0.05, 0) is 44.0 Å². The first kappa shape index (κ1) is 12.7. The molecule has 0 aromatic heterocycles. The minimum absolute atomic E-state index is 0.661. The number of rotatable bonds is 6. The highest BCUT2D eigenvalue weighted by molar-refractivity contribution is 9.10. The fraction of sp³-hybridized carbons (Fsp3) is 0.538. The van der Waals surface area contributed by atoms with Gasteiger partial charge in [-0.2, -0.15) is 0 Å². The first-order valence-corrected chi connectivity index (χ1v) is 6.47. The van der Waals surface area contributed by atoms with E-state index in [0.717, 1.165) is 6.42 Å². The topological polar surface area (TPSA) is 12.0 Å². The predicted octanol–water partition coefficient (Wildman–Crippen LogP) is 3.77. The van der Waals surface area contributed by atoms with Crippen LogP contribution in [-0.2, 0) is 6.42 Å². The van der Waals surface area contributed by atoms with Gasteiger partial charge in [0, 0.05) is 10.5 Å². The molecule has 0 radical (unpaired) electrons. The summed E-state index contributed by atoms with van der Waals surface area (Å²) >= 11 is 3.50. The number of benzene rings is 1. The molecule has 1 atom stereocenters. The van der Waals surface area contributed by atoms with Crippen molar-refractivity contribution in [3.05, 3.63) is 34.3 Å². The van der Waals surface area contributed by atoms with Crippen LogP contribution in [0.1, 0.15) is 31.7 Å². The Labute approximate surface area is 101 Å². The van der Waals surface area contributed by atoms with Gasteiger partial charge in [0.25, 0.3) is 0 Å². The number of aryl methyl sites for hydroxylation is 1. The lowest BCUT2D eigenvalue weighted by molar-refractivity contribution is 0.484. The van der Waals surface area contributed by atoms with Crippen molar-refractivity contribution in [3.63, 3.8) is 0 Å². The molecule has 0 aliphatic heterocycles. The van der Waals surface area contributed by atoms with Crippen LogP contribution in [0.25, 0.3) is 0 Å². The molecule has 1 N–H and O–H groups in total. The largest absolute Gasteiger partial charge is 0.317 e. The monoisotopic (exact) mass is 269 g/mol. The van der Waals surface area contributed by atoms with E-state index in [1.54, 1.807) is 0 Å². The molecule has 0 bridgehead atoms. The quantitative estimate of drug-likeness (QED) is 0.829. The Morgan fingerprint density at radius 2 is 2.13 bits per heavy atom. The summed E-state index contributed by atoms with van der Waals surface area (Å²) in [4.78, 5) is 0. The second kappa shape index (κ2) is 7.02. The van der Waals surface area contributed by atoms with Crippen LogP contribution in [0.4, 0.5) is 0 Å². The van der Waals surface area contributed by atoms with Gasteiger partial charge in [-0.15, -0.1) is 0 Å². The molecule has 0 saturated heterocycles. The van der Waals surface area contributed by atoms with Crippen molar-refractivity contribution in [1.82, 2.24) is 5.32 Å². The minimum atomic E-state index is 0.661. The maximum atomic E-state index is 3.50. The average molecular weight is 270 g/mol. The maximum absolute atomic E-state index is 3.50. The fourth-order valence-corrected chi connectivity index (χ4v) is 2.26. The molecule has 1 rings (SSSR count). The van der Waals surface area contributed by atoms with Crippen LogP contribution in [0.15, 0.2) is 28.7 Å². The third-order valence-electron chi connectivity index (χ3n) is 2.72. The summed E-state index contributed by atoms with van der Waals surface area (Å²) in [5.74, 6) is 0. The summed E-state index contributed by atoms with van der Waals surface area (Å²) in [6, 6.07) is 9.25. The van der Waals surface area contributed by atoms with Crippen molar-refractivity contribution in [2.45, 2.75) is 38.6 Å². The number of hydrogen-bond donors (Lipinski definition) is 1. The molecular weight excluding hydrogens is 250 g/mol. The summed E-state index contributed by atoms with van der Waals surface area (Å²) in [6.07, 6.45) is 4.90. The van der Waals surface area contributed by atoms with Gasteiger partial charge in [0.05, 0.1) is 0 Å². The van der Waals surface area contributed by atoms with Crippen LogP contribution in [0, 0.1) is 0 Å². The van der Waals surface area contributed by atoms with E-state index < -0.39 is 0 Å². The third kappa shape index (κ3) is 4.80. The van der Waals surface area contributed by atoms with Crippen LogP contribution in [0.2, 0.25) is 0 Å². The first-order valence-electron chi connectivity index (χ1n) is 5.68. The SMILES string of the molecule is CCCC(CCc1cccc(Br)c1)NC. The van der Waals surface area contributed by atoms with E-state index in [1.807, 2.05) is 0 Å². The van der Waals surface area contributed by atoms with Crippen LogP contribution in [0.3, 0.4) is 0 Å². The maximum Gasteiger partial charge on any atom is 0.0177 e. The summed E-state index contributed by atoms with van der Waals surface area (Å²) in [6.45, 7) is 2.24. The zero-order valence-electron chi connectivity index (χ0n) is 9.59. The van der Waals surface area contributed by atoms with Crippen LogP contribution in [-0.4, -0.2) is 13.1 Å². The highest BCUT2D eigenvalue weighted by Gasteiger charge is 2.04. The normalized spacial score (nSPS) is 12.7. The van der Waals surface area contributed by atoms with Crippen LogP contribution < -0.4 is 5.32 Å². The Morgan fingerprint density at radius 3 is 2.73 bits per heavy atom. The van der Waals surface area contributed by atoms with Gasteiger partial charge in [-0.3, -0.25) is 0 Å². The Hall–Kier alpha value is -0.340. The third-order valence-corrected chi connectivity index (χ3v) is 3.21. The highest BCUT2D eigenvalue weighted by Crippen LogP contribution is 2.14. The molecule has 0 aliphatic rings. The molecule has 0 saturated carbocycles. The van der Waals surface area contributed by atoms with Crippen molar-refractivity contribution in [1.29, 1.82) is 0 Å². The molecule has 1 nitrogen and oxygen atoms in total. The Bertz CT molecular complexity index is 286. The Morgan fingerprint density at radius 1 is 1.33 bits per heavy atom. The molecule has 0 fully saturated rings. The van der Waals surface area contributed by atoms with Crippen LogP contribution >= 0.6 is 15.9 Å². The first-order chi connectivity index (χ1) is 7.26. The summed E-state index contributed by atoms with van der Waals surface area (Å²) in [7, 11) is 2.06. The summed E-state index contributed by atoms with van der Waals surface area (Å²) < 4.78 is 1.18. The van der Waals surface area contributed by atoms with E-state index >= 15 is 0 Å². The van der Waals surface area contributed by atoms with E-state index in [-0.39, 0.29) is 0 Å². The zero-order valence-corrected chi connectivity index (χ0v) is 11.2. The molecular formula is C13H20BrN. The summed E-state index contributed by atoms with van der Waals surface area (Å²) in [5, 5.41) is 3.38. The van der Waals surface area contributed by atoms with E-state index in [4.69, 9.17) is 0 Å². The smallest absolute Gasteiger partial charge is 0.0177 e. The van der Waals surface area contributed by atoms with Crippen molar-refractivity contribution >= 4 is 15.9 Å². The summed E-state index contributed by atoms with van der Waals surface area (Å²) in [5.41, 5.74) is 1.42. The molecule has 0 aliphatic carbocycles. The van der Waals surface area contributed by atoms with Gasteiger partial charge >= 0.3 is 0 Å². The van der Waals surface area contributed by atoms with Gasteiger partial charge < -0.3 is 5.32 Å². The predicted molar refractivity (Wildman–Crippen MR) is 70.2 cm³/mol. The molecule has 84 valence electrons. The Kier molecular flexibility index (Phi) is 5.96. The average Bonchev–Trinajstić information content (AvgIpc) is 2.24. The molecule has 0 amide bonds. The zero-order chi connectivity index (χ0) is 11.1. The van der Waals surface area contributed by atoms with Crippen molar-refractivity contribution in [3.8, 4) is 0 Å². The van der Waals surface area contributed by atoms with E-state index in [9.17, 15) is 0 Å². The molecule has 15 heavy (non-hydrogen) atoms. The molecule has 1 unspecified atom stereocenters. The highest BCUT2D eigenvalue weighted by atomic mass is 79.9. The standard InChI is InChI=1S/C13H20BrN/c1-3-5-13(15-2)9-8-11-6-4-7-12(14)10-11/h4,6-7,10,13,15H,3,5,8-9H2,1-2H3. The molecule has 1 aromatic rings. The van der Waals surface area contributed by atoms with E-state index in [1.165, 1.54) is 29.3 Å². The molecule has 0 spiro atoms. The molecule has 2 heteroatoms. The van der Waals surface area contributed by atoms with Gasteiger partial charge in [0.2, 0.25) is 0 Å². The van der Waals surface area contributed by atoms with Gasteiger partial charge in [-0.1, -0.05) is 41.4 Å². The number of hydrogen-bond acceptors (Lipinski definition) is 1. The molecule has 1 aromatic carbocycles. The van der Waals surface area contributed by atoms with Crippen molar-refractivity contribution in [2.24, 2.45) is 0 Å². The number of halogens is 1. The fourth-order valence-electron chi connectivity index (χ4n) is 1.81. The van der Waals surface area contributed by atoms with Crippen LogP contribution in [0.5, 0.6) is 0 Å². The second-order valence-electron chi connectivity index (χ2n) is 3.94. The second-order valence-corrected chi connectivity index (χ2v) is 4.86. The lowest BCUT2D eigenvalue weighted by Crippen LogP contribution is -2.25. The lowest BCUT2D eigenvalue weighted by Gasteiger charge is -2.14. The number of nitrogens with one attached hydrogen (secondary N) is 1. The minimum Gasteiger partial charge on any atom is -0.317 e. The van der Waals surface area contributed by atoms with Gasteiger partial charge in [0.15, 0.2) is 0 Å². The lowest BCUT2D eigenvalue weighted by atomic mass is 10.0. The van der Waals surface area contributed by atoms with Crippen molar-refractivity contribution < 1.29 is 0 Å². The van der Waals surface area contributed by atoms with E-state index in [2.05, 4.69) is 59.5 Å². The Balaban J connectivity index is 2.41.